The van der Waals surface area contributed by atoms with Crippen LogP contribution in [0.1, 0.15) is 56.1 Å². The van der Waals surface area contributed by atoms with Crippen molar-refractivity contribution in [1.82, 2.24) is 4.57 Å². The Kier molecular flexibility index (Phi) is 8.41. The topological polar surface area (TPSA) is 110 Å². The smallest absolute Gasteiger partial charge is 0.338 e. The second-order valence-corrected chi connectivity index (χ2v) is 9.73. The molecule has 0 radical (unpaired) electrons. The van der Waals surface area contributed by atoms with Crippen LogP contribution in [0.2, 0.25) is 5.02 Å². The van der Waals surface area contributed by atoms with Gasteiger partial charge in [-0.25, -0.2) is 4.79 Å². The van der Waals surface area contributed by atoms with E-state index in [0.29, 0.717) is 45.1 Å². The second-order valence-electron chi connectivity index (χ2n) is 9.30. The maximum atomic E-state index is 13.1. The van der Waals surface area contributed by atoms with Crippen LogP contribution in [-0.2, 0) is 9.53 Å². The first-order valence-corrected chi connectivity index (χ1v) is 12.0. The van der Waals surface area contributed by atoms with Crippen molar-refractivity contribution in [2.75, 3.05) is 12.4 Å². The minimum atomic E-state index is -0.837. The van der Waals surface area contributed by atoms with Gasteiger partial charge < -0.3 is 14.8 Å². The summed E-state index contributed by atoms with van der Waals surface area (Å²) in [6.45, 7) is 7.13. The molecule has 0 saturated heterocycles. The van der Waals surface area contributed by atoms with Crippen LogP contribution < -0.4 is 15.6 Å². The van der Waals surface area contributed by atoms with Crippen LogP contribution in [-0.4, -0.2) is 29.2 Å². The first-order chi connectivity index (χ1) is 17.5. The van der Waals surface area contributed by atoms with E-state index in [9.17, 15) is 19.6 Å². The molecule has 1 heterocycles. The third kappa shape index (κ3) is 6.57. The fraction of sp³-hybridized carbons (Fsp3) is 0.286. The molecule has 192 valence electrons. The molecule has 1 aromatic heterocycles. The molecule has 1 unspecified atom stereocenters. The molecule has 0 fully saturated rings. The third-order valence-corrected chi connectivity index (χ3v) is 5.70. The van der Waals surface area contributed by atoms with Crippen LogP contribution in [0.25, 0.3) is 11.1 Å². The highest BCUT2D eigenvalue weighted by Crippen LogP contribution is 2.33. The highest BCUT2D eigenvalue weighted by molar-refractivity contribution is 6.31. The summed E-state index contributed by atoms with van der Waals surface area (Å²) in [4.78, 5) is 38.5. The molecule has 9 heteroatoms. The number of halogens is 1. The Morgan fingerprint density at radius 2 is 1.78 bits per heavy atom. The molecular formula is C28H28ClN3O5. The van der Waals surface area contributed by atoms with Crippen molar-refractivity contribution in [3.05, 3.63) is 81.2 Å². The van der Waals surface area contributed by atoms with Gasteiger partial charge in [-0.2, -0.15) is 5.26 Å². The van der Waals surface area contributed by atoms with E-state index in [1.54, 1.807) is 70.2 Å². The predicted molar refractivity (Wildman–Crippen MR) is 142 cm³/mol. The molecule has 37 heavy (non-hydrogen) atoms. The minimum Gasteiger partial charge on any atom is -0.495 e. The van der Waals surface area contributed by atoms with Crippen LogP contribution in [0.15, 0.2) is 59.5 Å². The number of ether oxygens (including phenoxy) is 2. The number of nitriles is 1. The van der Waals surface area contributed by atoms with Crippen molar-refractivity contribution in [2.45, 2.75) is 45.8 Å². The summed E-state index contributed by atoms with van der Waals surface area (Å²) in [5, 5.41) is 12.7. The number of hydrogen-bond acceptors (Lipinski definition) is 6. The van der Waals surface area contributed by atoms with Gasteiger partial charge in [0.05, 0.1) is 30.5 Å². The fourth-order valence-electron chi connectivity index (χ4n) is 3.74. The lowest BCUT2D eigenvalue weighted by Gasteiger charge is -2.21. The molecular weight excluding hydrogens is 494 g/mol. The van der Waals surface area contributed by atoms with E-state index in [1.807, 2.05) is 0 Å². The number of anilines is 1. The lowest BCUT2D eigenvalue weighted by Crippen LogP contribution is -2.32. The summed E-state index contributed by atoms with van der Waals surface area (Å²) in [5.74, 6) is -0.564. The second kappa shape index (κ2) is 11.3. The summed E-state index contributed by atoms with van der Waals surface area (Å²) >= 11 is 6.12. The largest absolute Gasteiger partial charge is 0.495 e. The van der Waals surface area contributed by atoms with Gasteiger partial charge in [0, 0.05) is 27.9 Å². The first-order valence-electron chi connectivity index (χ1n) is 11.6. The van der Waals surface area contributed by atoms with E-state index in [0.717, 1.165) is 0 Å². The number of amides is 1. The Labute approximate surface area is 220 Å². The lowest BCUT2D eigenvalue weighted by molar-refractivity contribution is -0.119. The van der Waals surface area contributed by atoms with Gasteiger partial charge in [-0.05, 0) is 69.7 Å². The number of nitrogens with one attached hydrogen (secondary N) is 1. The molecule has 1 N–H and O–H groups in total. The third-order valence-electron chi connectivity index (χ3n) is 5.47. The van der Waals surface area contributed by atoms with E-state index in [1.165, 1.54) is 23.9 Å². The maximum Gasteiger partial charge on any atom is 0.338 e. The van der Waals surface area contributed by atoms with Gasteiger partial charge in [0.1, 0.15) is 17.4 Å². The SMILES string of the molecule is CCC(C(=O)Nc1ccc(C(=O)OC(C)(C)C)cc1)n1cc(OC)c(-c2cc(Cl)ccc2C#N)cc1=O. The van der Waals surface area contributed by atoms with Crippen molar-refractivity contribution in [2.24, 2.45) is 0 Å². The predicted octanol–water partition coefficient (Wildman–Crippen LogP) is 5.59. The summed E-state index contributed by atoms with van der Waals surface area (Å²) in [5.41, 5.74) is 0.945. The molecule has 8 nitrogen and oxygen atoms in total. The maximum absolute atomic E-state index is 13.1. The number of pyridine rings is 1. The molecule has 2 aromatic carbocycles. The van der Waals surface area contributed by atoms with E-state index < -0.39 is 29.1 Å². The highest BCUT2D eigenvalue weighted by Gasteiger charge is 2.23. The number of benzene rings is 2. The summed E-state index contributed by atoms with van der Waals surface area (Å²) < 4.78 is 12.2. The number of carbonyl (C=O) groups is 2. The standard InChI is InChI=1S/C28H28ClN3O5/c1-6-23(26(34)31-20-11-8-17(9-12-20)27(35)37-28(2,3)4)32-16-24(36-5)22(14-25(32)33)21-13-19(29)10-7-18(21)15-30/h7-14,16,23H,6H2,1-5H3,(H,31,34). The fourth-order valence-corrected chi connectivity index (χ4v) is 3.91. The minimum absolute atomic E-state index is 0.311. The van der Waals surface area contributed by atoms with Crippen LogP contribution in [0.4, 0.5) is 5.69 Å². The van der Waals surface area contributed by atoms with E-state index in [4.69, 9.17) is 21.1 Å². The molecule has 1 amide bonds. The Bertz CT molecular complexity index is 1420. The Morgan fingerprint density at radius 1 is 1.11 bits per heavy atom. The molecule has 1 atom stereocenters. The number of rotatable bonds is 7. The van der Waals surface area contributed by atoms with Gasteiger partial charge in [0.25, 0.3) is 5.56 Å². The lowest BCUT2D eigenvalue weighted by atomic mass is 10.00. The molecule has 0 aliphatic rings. The average molecular weight is 522 g/mol. The summed E-state index contributed by atoms with van der Waals surface area (Å²) in [6.07, 6.45) is 1.78. The normalized spacial score (nSPS) is 11.8. The van der Waals surface area contributed by atoms with Crippen molar-refractivity contribution in [1.29, 1.82) is 5.26 Å². The Balaban J connectivity index is 1.89. The Hall–Kier alpha value is -4.09. The molecule has 0 aliphatic heterocycles. The van der Waals surface area contributed by atoms with Gasteiger partial charge in [-0.1, -0.05) is 18.5 Å². The van der Waals surface area contributed by atoms with Crippen molar-refractivity contribution < 1.29 is 19.1 Å². The summed E-state index contributed by atoms with van der Waals surface area (Å²) in [6, 6.07) is 13.7. The zero-order chi connectivity index (χ0) is 27.3. The molecule has 3 aromatic rings. The van der Waals surface area contributed by atoms with Crippen LogP contribution >= 0.6 is 11.6 Å². The van der Waals surface area contributed by atoms with Gasteiger partial charge in [-0.3, -0.25) is 14.2 Å². The number of methoxy groups -OCH3 is 1. The molecule has 0 spiro atoms. The highest BCUT2D eigenvalue weighted by atomic mass is 35.5. The van der Waals surface area contributed by atoms with Gasteiger partial charge in [0.2, 0.25) is 5.91 Å². The van der Waals surface area contributed by atoms with Gasteiger partial charge in [-0.15, -0.1) is 0 Å². The monoisotopic (exact) mass is 521 g/mol. The Morgan fingerprint density at radius 3 is 2.35 bits per heavy atom. The van der Waals surface area contributed by atoms with Crippen LogP contribution in [0.5, 0.6) is 5.75 Å². The van der Waals surface area contributed by atoms with Gasteiger partial charge in [0.15, 0.2) is 0 Å². The van der Waals surface area contributed by atoms with Crippen molar-refractivity contribution in [3.63, 3.8) is 0 Å². The zero-order valence-electron chi connectivity index (χ0n) is 21.3. The summed E-state index contributed by atoms with van der Waals surface area (Å²) in [7, 11) is 1.44. The zero-order valence-corrected chi connectivity index (χ0v) is 22.1. The number of nitrogens with zero attached hydrogens (tertiary/aromatic N) is 2. The average Bonchev–Trinajstić information content (AvgIpc) is 2.84. The number of aromatic nitrogens is 1. The number of carbonyl (C=O) groups excluding carboxylic acids is 2. The van der Waals surface area contributed by atoms with E-state index in [2.05, 4.69) is 11.4 Å². The van der Waals surface area contributed by atoms with E-state index >= 15 is 0 Å². The molecule has 0 bridgehead atoms. The molecule has 0 saturated carbocycles. The van der Waals surface area contributed by atoms with Crippen molar-refractivity contribution in [3.8, 4) is 22.9 Å². The number of hydrogen-bond donors (Lipinski definition) is 1. The van der Waals surface area contributed by atoms with E-state index in [-0.39, 0.29) is 0 Å². The van der Waals surface area contributed by atoms with Crippen LogP contribution in [0.3, 0.4) is 0 Å². The molecule has 0 aliphatic carbocycles. The van der Waals surface area contributed by atoms with Crippen molar-refractivity contribution >= 4 is 29.2 Å². The quantitative estimate of drug-likeness (QED) is 0.405. The number of esters is 1. The molecule has 3 rings (SSSR count). The van der Waals surface area contributed by atoms with Gasteiger partial charge >= 0.3 is 5.97 Å². The first kappa shape index (κ1) is 27.5. The van der Waals surface area contributed by atoms with Crippen LogP contribution in [0, 0.1) is 11.3 Å².